The molecule has 2 rings (SSSR count). The average Bonchev–Trinajstić information content (AvgIpc) is 2.46. The zero-order valence-electron chi connectivity index (χ0n) is 12.3. The summed E-state index contributed by atoms with van der Waals surface area (Å²) in [4.78, 5) is 1.93. The number of ether oxygens (including phenoxy) is 1. The number of alkyl halides is 3. The summed E-state index contributed by atoms with van der Waals surface area (Å²) in [6.45, 7) is 1.87. The lowest BCUT2D eigenvalue weighted by molar-refractivity contribution is -0.138. The van der Waals surface area contributed by atoms with Gasteiger partial charge in [-0.15, -0.1) is 0 Å². The summed E-state index contributed by atoms with van der Waals surface area (Å²) >= 11 is 0. The highest BCUT2D eigenvalue weighted by Gasteiger charge is 2.33. The summed E-state index contributed by atoms with van der Waals surface area (Å²) in [5, 5.41) is 0. The molecule has 1 heterocycles. The molecule has 0 amide bonds. The molecule has 1 fully saturated rings. The molecule has 0 spiro atoms. The lowest BCUT2D eigenvalue weighted by atomic mass is 10.0. The van der Waals surface area contributed by atoms with E-state index in [1.54, 1.807) is 12.1 Å². The monoisotopic (exact) mass is 301 g/mol. The third-order valence-electron chi connectivity index (χ3n) is 3.87. The number of nitrogens with zero attached hydrogens (tertiary/aromatic N) is 1. The van der Waals surface area contributed by atoms with Crippen molar-refractivity contribution in [2.24, 2.45) is 0 Å². The van der Waals surface area contributed by atoms with Gasteiger partial charge in [0.15, 0.2) is 0 Å². The van der Waals surface area contributed by atoms with Crippen molar-refractivity contribution in [3.05, 3.63) is 35.4 Å². The molecule has 0 N–H and O–H groups in total. The van der Waals surface area contributed by atoms with Crippen LogP contribution < -0.4 is 0 Å². The molecular formula is C16H22F3NO. The molecule has 0 saturated carbocycles. The maximum atomic E-state index is 12.9. The normalized spacial score (nSPS) is 20.0. The standard InChI is InChI=1S/C16H22F3NO/c1-20(10-9-14-7-4-5-11-21-14)12-13-6-2-3-8-15(13)16(17,18)19/h2-3,6,8,14H,4-5,7,9-12H2,1H3/t14-/m0/s1. The van der Waals surface area contributed by atoms with E-state index in [2.05, 4.69) is 0 Å². The Morgan fingerprint density at radius 2 is 2.00 bits per heavy atom. The molecule has 1 aliphatic heterocycles. The number of hydrogen-bond donors (Lipinski definition) is 0. The molecule has 0 radical (unpaired) electrons. The fourth-order valence-electron chi connectivity index (χ4n) is 2.70. The Labute approximate surface area is 123 Å². The van der Waals surface area contributed by atoms with E-state index in [0.29, 0.717) is 12.1 Å². The van der Waals surface area contributed by atoms with Crippen LogP contribution in [-0.2, 0) is 17.5 Å². The van der Waals surface area contributed by atoms with E-state index in [4.69, 9.17) is 4.74 Å². The van der Waals surface area contributed by atoms with Gasteiger partial charge in [-0.2, -0.15) is 13.2 Å². The van der Waals surface area contributed by atoms with Crippen molar-refractivity contribution in [2.75, 3.05) is 20.2 Å². The van der Waals surface area contributed by atoms with Gasteiger partial charge >= 0.3 is 6.18 Å². The van der Waals surface area contributed by atoms with Crippen LogP contribution in [0.1, 0.15) is 36.8 Å². The van der Waals surface area contributed by atoms with Crippen molar-refractivity contribution in [1.29, 1.82) is 0 Å². The van der Waals surface area contributed by atoms with Crippen LogP contribution in [0.4, 0.5) is 13.2 Å². The molecule has 1 saturated heterocycles. The third-order valence-corrected chi connectivity index (χ3v) is 3.87. The highest BCUT2D eigenvalue weighted by Crippen LogP contribution is 2.32. The Hall–Kier alpha value is -1.07. The van der Waals surface area contributed by atoms with Gasteiger partial charge in [0.25, 0.3) is 0 Å². The summed E-state index contributed by atoms with van der Waals surface area (Å²) in [6, 6.07) is 5.79. The molecule has 0 aliphatic carbocycles. The lowest BCUT2D eigenvalue weighted by Gasteiger charge is -2.25. The first-order valence-electron chi connectivity index (χ1n) is 7.42. The van der Waals surface area contributed by atoms with Gasteiger partial charge in [0.1, 0.15) is 0 Å². The zero-order valence-corrected chi connectivity index (χ0v) is 12.3. The number of hydrogen-bond acceptors (Lipinski definition) is 2. The third kappa shape index (κ3) is 5.00. The summed E-state index contributed by atoms with van der Waals surface area (Å²) < 4.78 is 44.5. The predicted molar refractivity (Wildman–Crippen MR) is 76.0 cm³/mol. The van der Waals surface area contributed by atoms with Gasteiger partial charge in [0.05, 0.1) is 11.7 Å². The van der Waals surface area contributed by atoms with Crippen molar-refractivity contribution in [3.8, 4) is 0 Å². The van der Waals surface area contributed by atoms with Crippen LogP contribution >= 0.6 is 0 Å². The Morgan fingerprint density at radius 3 is 2.67 bits per heavy atom. The molecule has 0 bridgehead atoms. The maximum Gasteiger partial charge on any atom is 0.416 e. The topological polar surface area (TPSA) is 12.5 Å². The van der Waals surface area contributed by atoms with Gasteiger partial charge in [-0.1, -0.05) is 18.2 Å². The predicted octanol–water partition coefficient (Wildman–Crippen LogP) is 4.10. The zero-order chi connectivity index (χ0) is 15.3. The fraction of sp³-hybridized carbons (Fsp3) is 0.625. The van der Waals surface area contributed by atoms with E-state index in [1.807, 2.05) is 11.9 Å². The molecule has 1 atom stereocenters. The van der Waals surface area contributed by atoms with Gasteiger partial charge < -0.3 is 9.64 Å². The van der Waals surface area contributed by atoms with Crippen molar-refractivity contribution in [2.45, 2.75) is 44.5 Å². The molecule has 5 heteroatoms. The molecular weight excluding hydrogens is 279 g/mol. The summed E-state index contributed by atoms with van der Waals surface area (Å²) in [5.74, 6) is 0. The lowest BCUT2D eigenvalue weighted by Crippen LogP contribution is -2.27. The molecule has 1 aliphatic rings. The second-order valence-corrected chi connectivity index (χ2v) is 5.67. The second kappa shape index (κ2) is 7.27. The Balaban J connectivity index is 1.89. The first kappa shape index (κ1) is 16.3. The van der Waals surface area contributed by atoms with Gasteiger partial charge in [-0.05, 0) is 44.4 Å². The van der Waals surface area contributed by atoms with E-state index < -0.39 is 11.7 Å². The van der Waals surface area contributed by atoms with Crippen LogP contribution in [0.5, 0.6) is 0 Å². The van der Waals surface area contributed by atoms with Gasteiger partial charge in [-0.25, -0.2) is 0 Å². The number of rotatable bonds is 5. The minimum Gasteiger partial charge on any atom is -0.378 e. The number of halogens is 3. The number of benzene rings is 1. The molecule has 118 valence electrons. The summed E-state index contributed by atoms with van der Waals surface area (Å²) in [6.07, 6.45) is 0.220. The van der Waals surface area contributed by atoms with Crippen molar-refractivity contribution < 1.29 is 17.9 Å². The summed E-state index contributed by atoms with van der Waals surface area (Å²) in [7, 11) is 1.86. The van der Waals surface area contributed by atoms with Gasteiger partial charge in [0.2, 0.25) is 0 Å². The molecule has 1 aromatic rings. The van der Waals surface area contributed by atoms with E-state index in [-0.39, 0.29) is 6.10 Å². The minimum absolute atomic E-state index is 0.263. The van der Waals surface area contributed by atoms with E-state index >= 15 is 0 Å². The summed E-state index contributed by atoms with van der Waals surface area (Å²) in [5.41, 5.74) is -0.206. The van der Waals surface area contributed by atoms with Crippen LogP contribution in [0.3, 0.4) is 0 Å². The maximum absolute atomic E-state index is 12.9. The Bertz CT molecular complexity index is 441. The highest BCUT2D eigenvalue weighted by atomic mass is 19.4. The van der Waals surface area contributed by atoms with Crippen LogP contribution in [0, 0.1) is 0 Å². The first-order chi connectivity index (χ1) is 9.97. The molecule has 2 nitrogen and oxygen atoms in total. The molecule has 21 heavy (non-hydrogen) atoms. The quantitative estimate of drug-likeness (QED) is 0.812. The molecule has 1 aromatic carbocycles. The van der Waals surface area contributed by atoms with E-state index in [1.165, 1.54) is 12.5 Å². The fourth-order valence-corrected chi connectivity index (χ4v) is 2.70. The smallest absolute Gasteiger partial charge is 0.378 e. The van der Waals surface area contributed by atoms with Crippen LogP contribution in [0.2, 0.25) is 0 Å². The minimum atomic E-state index is -4.29. The molecule has 0 unspecified atom stereocenters. The van der Waals surface area contributed by atoms with Crippen molar-refractivity contribution in [3.63, 3.8) is 0 Å². The van der Waals surface area contributed by atoms with Crippen LogP contribution in [0.25, 0.3) is 0 Å². The highest BCUT2D eigenvalue weighted by molar-refractivity contribution is 5.29. The SMILES string of the molecule is CN(CC[C@@H]1CCCCO1)Cc1ccccc1C(F)(F)F. The van der Waals surface area contributed by atoms with E-state index in [0.717, 1.165) is 38.5 Å². The first-order valence-corrected chi connectivity index (χ1v) is 7.42. The van der Waals surface area contributed by atoms with Crippen molar-refractivity contribution >= 4 is 0 Å². The van der Waals surface area contributed by atoms with Crippen LogP contribution in [0.15, 0.2) is 24.3 Å². The van der Waals surface area contributed by atoms with Gasteiger partial charge in [0, 0.05) is 19.7 Å². The van der Waals surface area contributed by atoms with Gasteiger partial charge in [-0.3, -0.25) is 0 Å². The second-order valence-electron chi connectivity index (χ2n) is 5.67. The Morgan fingerprint density at radius 1 is 1.24 bits per heavy atom. The Kier molecular flexibility index (Phi) is 5.65. The van der Waals surface area contributed by atoms with E-state index in [9.17, 15) is 13.2 Å². The van der Waals surface area contributed by atoms with Crippen LogP contribution in [-0.4, -0.2) is 31.2 Å². The molecule has 0 aromatic heterocycles. The largest absolute Gasteiger partial charge is 0.416 e. The van der Waals surface area contributed by atoms with Crippen molar-refractivity contribution in [1.82, 2.24) is 4.90 Å². The average molecular weight is 301 g/mol.